The average molecular weight is 494 g/mol. The lowest BCUT2D eigenvalue weighted by molar-refractivity contribution is 0.0493. The number of esters is 1. The molecule has 32 heavy (non-hydrogen) atoms. The molecule has 0 amide bonds. The van der Waals surface area contributed by atoms with Crippen molar-refractivity contribution in [1.82, 2.24) is 15.1 Å². The van der Waals surface area contributed by atoms with Crippen molar-refractivity contribution in [2.24, 2.45) is 0 Å². The Kier molecular flexibility index (Phi) is 7.24. The summed E-state index contributed by atoms with van der Waals surface area (Å²) in [6.45, 7) is 0.560. The number of para-hydroxylation sites is 1. The van der Waals surface area contributed by atoms with Gasteiger partial charge in [-0.15, -0.1) is 0 Å². The molecule has 2 aromatic carbocycles. The minimum atomic E-state index is -0.436. The molecule has 7 nitrogen and oxygen atoms in total. The van der Waals surface area contributed by atoms with Gasteiger partial charge in [-0.1, -0.05) is 51.4 Å². The quantitative estimate of drug-likeness (QED) is 0.232. The highest BCUT2D eigenvalue weighted by Gasteiger charge is 2.15. The van der Waals surface area contributed by atoms with E-state index in [1.807, 2.05) is 42.5 Å². The number of nitrogens with zero attached hydrogens (tertiary/aromatic N) is 3. The van der Waals surface area contributed by atoms with E-state index in [0.29, 0.717) is 42.5 Å². The molecule has 2 heterocycles. The summed E-state index contributed by atoms with van der Waals surface area (Å²) in [4.78, 5) is 21.0. The molecule has 0 bridgehead atoms. The first-order chi connectivity index (χ1) is 15.7. The number of hydrogen-bond donors (Lipinski definition) is 0. The summed E-state index contributed by atoms with van der Waals surface area (Å²) in [5.41, 5.74) is 2.16. The Balaban J connectivity index is 1.28. The van der Waals surface area contributed by atoms with Crippen molar-refractivity contribution < 1.29 is 18.8 Å². The molecule has 162 valence electrons. The molecule has 0 atom stereocenters. The SMILES string of the molecule is O=C(OCCCc1nc(-c2cccnc2)no1)c1ccccc1OCc1ccccc1Br. The number of halogens is 1. The molecular formula is C24H20BrN3O4. The monoisotopic (exact) mass is 493 g/mol. The Labute approximate surface area is 193 Å². The number of ether oxygens (including phenoxy) is 2. The van der Waals surface area contributed by atoms with Crippen LogP contribution in [-0.4, -0.2) is 27.7 Å². The van der Waals surface area contributed by atoms with Crippen LogP contribution in [0, 0.1) is 0 Å². The van der Waals surface area contributed by atoms with Gasteiger partial charge < -0.3 is 14.0 Å². The molecule has 0 saturated heterocycles. The van der Waals surface area contributed by atoms with E-state index in [4.69, 9.17) is 14.0 Å². The van der Waals surface area contributed by atoms with Gasteiger partial charge in [-0.05, 0) is 36.8 Å². The molecular weight excluding hydrogens is 474 g/mol. The predicted octanol–water partition coefficient (Wildman–Crippen LogP) is 5.26. The van der Waals surface area contributed by atoms with Crippen LogP contribution in [0.5, 0.6) is 5.75 Å². The van der Waals surface area contributed by atoms with Gasteiger partial charge in [-0.2, -0.15) is 4.98 Å². The van der Waals surface area contributed by atoms with Gasteiger partial charge in [0.25, 0.3) is 0 Å². The fourth-order valence-electron chi connectivity index (χ4n) is 2.97. The van der Waals surface area contributed by atoms with Crippen molar-refractivity contribution in [3.63, 3.8) is 0 Å². The highest BCUT2D eigenvalue weighted by Crippen LogP contribution is 2.23. The van der Waals surface area contributed by atoms with Crippen molar-refractivity contribution in [3.8, 4) is 17.1 Å². The third-order valence-corrected chi connectivity index (χ3v) is 5.38. The largest absolute Gasteiger partial charge is 0.488 e. The molecule has 0 aliphatic heterocycles. The van der Waals surface area contributed by atoms with Crippen LogP contribution < -0.4 is 4.74 Å². The minimum absolute atomic E-state index is 0.224. The van der Waals surface area contributed by atoms with Gasteiger partial charge in [0.2, 0.25) is 11.7 Å². The molecule has 2 aromatic heterocycles. The zero-order valence-corrected chi connectivity index (χ0v) is 18.7. The number of carbonyl (C=O) groups is 1. The maximum absolute atomic E-state index is 12.6. The summed E-state index contributed by atoms with van der Waals surface area (Å²) in [5, 5.41) is 3.96. The first-order valence-corrected chi connectivity index (χ1v) is 10.9. The maximum Gasteiger partial charge on any atom is 0.341 e. The van der Waals surface area contributed by atoms with Crippen LogP contribution in [-0.2, 0) is 17.8 Å². The van der Waals surface area contributed by atoms with E-state index in [2.05, 4.69) is 31.1 Å². The van der Waals surface area contributed by atoms with Gasteiger partial charge in [0.1, 0.15) is 17.9 Å². The smallest absolute Gasteiger partial charge is 0.341 e. The summed E-state index contributed by atoms with van der Waals surface area (Å²) < 4.78 is 17.5. The number of hydrogen-bond acceptors (Lipinski definition) is 7. The molecule has 0 spiro atoms. The molecule has 0 unspecified atom stereocenters. The lowest BCUT2D eigenvalue weighted by Crippen LogP contribution is -2.09. The lowest BCUT2D eigenvalue weighted by Gasteiger charge is -2.12. The molecule has 8 heteroatoms. The molecule has 4 aromatic rings. The second-order valence-electron chi connectivity index (χ2n) is 6.87. The van der Waals surface area contributed by atoms with Crippen molar-refractivity contribution in [2.75, 3.05) is 6.61 Å². The van der Waals surface area contributed by atoms with Gasteiger partial charge in [0.15, 0.2) is 0 Å². The first-order valence-electron chi connectivity index (χ1n) is 10.1. The summed E-state index contributed by atoms with van der Waals surface area (Å²) in [5.74, 6) is 1.01. The van der Waals surface area contributed by atoms with Crippen LogP contribution in [0.2, 0.25) is 0 Å². The van der Waals surface area contributed by atoms with E-state index in [-0.39, 0.29) is 6.61 Å². The highest BCUT2D eigenvalue weighted by atomic mass is 79.9. The number of benzene rings is 2. The van der Waals surface area contributed by atoms with Crippen molar-refractivity contribution in [2.45, 2.75) is 19.4 Å². The van der Waals surface area contributed by atoms with Gasteiger partial charge in [-0.25, -0.2) is 4.79 Å². The van der Waals surface area contributed by atoms with Crippen LogP contribution in [0.25, 0.3) is 11.4 Å². The standard InChI is InChI=1S/C24H20BrN3O4/c25-20-10-3-1-7-18(20)16-31-21-11-4-2-9-19(21)24(29)30-14-6-12-22-27-23(28-32-22)17-8-5-13-26-15-17/h1-5,7-11,13,15H,6,12,14,16H2. The van der Waals surface area contributed by atoms with Gasteiger partial charge in [0, 0.05) is 34.4 Å². The van der Waals surface area contributed by atoms with E-state index >= 15 is 0 Å². The Morgan fingerprint density at radius 2 is 1.88 bits per heavy atom. The third kappa shape index (κ3) is 5.59. The Morgan fingerprint density at radius 1 is 1.03 bits per heavy atom. The van der Waals surface area contributed by atoms with Crippen LogP contribution in [0.4, 0.5) is 0 Å². The number of carbonyl (C=O) groups excluding carboxylic acids is 1. The first kappa shape index (κ1) is 21.7. The zero-order valence-electron chi connectivity index (χ0n) is 17.1. The van der Waals surface area contributed by atoms with Crippen LogP contribution in [0.15, 0.2) is 82.1 Å². The Morgan fingerprint density at radius 3 is 2.72 bits per heavy atom. The number of aromatic nitrogens is 3. The van der Waals surface area contributed by atoms with E-state index in [1.165, 1.54) is 0 Å². The van der Waals surface area contributed by atoms with Crippen molar-refractivity contribution in [1.29, 1.82) is 0 Å². The van der Waals surface area contributed by atoms with E-state index in [0.717, 1.165) is 15.6 Å². The second-order valence-corrected chi connectivity index (χ2v) is 7.72. The van der Waals surface area contributed by atoms with Crippen LogP contribution in [0.1, 0.15) is 28.2 Å². The topological polar surface area (TPSA) is 87.3 Å². The summed E-state index contributed by atoms with van der Waals surface area (Å²) >= 11 is 3.50. The van der Waals surface area contributed by atoms with Crippen molar-refractivity contribution in [3.05, 3.63) is 94.5 Å². The molecule has 0 fully saturated rings. The summed E-state index contributed by atoms with van der Waals surface area (Å²) in [6.07, 6.45) is 4.41. The fourth-order valence-corrected chi connectivity index (χ4v) is 3.37. The van der Waals surface area contributed by atoms with Gasteiger partial charge in [0.05, 0.1) is 6.61 Å². The predicted molar refractivity (Wildman–Crippen MR) is 121 cm³/mol. The molecule has 0 aliphatic rings. The highest BCUT2D eigenvalue weighted by molar-refractivity contribution is 9.10. The lowest BCUT2D eigenvalue weighted by atomic mass is 10.2. The fraction of sp³-hybridized carbons (Fsp3) is 0.167. The Bertz CT molecular complexity index is 1180. The summed E-state index contributed by atoms with van der Waals surface area (Å²) in [7, 11) is 0. The Hall–Kier alpha value is -3.52. The number of aryl methyl sites for hydroxylation is 1. The normalized spacial score (nSPS) is 10.7. The molecule has 0 N–H and O–H groups in total. The van der Waals surface area contributed by atoms with Gasteiger partial charge >= 0.3 is 5.97 Å². The molecule has 0 saturated carbocycles. The van der Waals surface area contributed by atoms with E-state index in [1.54, 1.807) is 30.6 Å². The third-order valence-electron chi connectivity index (χ3n) is 4.60. The zero-order chi connectivity index (χ0) is 22.2. The molecule has 4 rings (SSSR count). The van der Waals surface area contributed by atoms with E-state index in [9.17, 15) is 4.79 Å². The number of rotatable bonds is 9. The van der Waals surface area contributed by atoms with Crippen LogP contribution in [0.3, 0.4) is 0 Å². The number of pyridine rings is 1. The van der Waals surface area contributed by atoms with Gasteiger partial charge in [-0.3, -0.25) is 4.98 Å². The van der Waals surface area contributed by atoms with Crippen LogP contribution >= 0.6 is 15.9 Å². The van der Waals surface area contributed by atoms with Crippen molar-refractivity contribution >= 4 is 21.9 Å². The second kappa shape index (κ2) is 10.7. The average Bonchev–Trinajstić information content (AvgIpc) is 3.31. The molecule has 0 radical (unpaired) electrons. The maximum atomic E-state index is 12.6. The minimum Gasteiger partial charge on any atom is -0.488 e. The molecule has 0 aliphatic carbocycles. The van der Waals surface area contributed by atoms with E-state index < -0.39 is 5.97 Å². The summed E-state index contributed by atoms with van der Waals surface area (Å²) in [6, 6.07) is 18.5.